The van der Waals surface area contributed by atoms with Gasteiger partial charge >= 0.3 is 41.5 Å². The van der Waals surface area contributed by atoms with E-state index >= 15 is 0 Å². The fraction of sp³-hybridized carbons (Fsp3) is 0.438. The van der Waals surface area contributed by atoms with Crippen LogP contribution in [0.2, 0.25) is 10.3 Å². The van der Waals surface area contributed by atoms with Gasteiger partial charge in [0.1, 0.15) is 10.3 Å². The minimum absolute atomic E-state index is 0. The van der Waals surface area contributed by atoms with E-state index in [1.807, 2.05) is 0 Å². The molecule has 2 N–H and O–H groups in total. The van der Waals surface area contributed by atoms with Crippen LogP contribution in [0.25, 0.3) is 11.6 Å². The predicted octanol–water partition coefficient (Wildman–Crippen LogP) is 3.93. The monoisotopic (exact) mass is 712 g/mol. The van der Waals surface area contributed by atoms with Crippen molar-refractivity contribution in [1.82, 2.24) is 29.5 Å². The zero-order valence-corrected chi connectivity index (χ0v) is 30.2. The van der Waals surface area contributed by atoms with Gasteiger partial charge in [0.25, 0.3) is 0 Å². The molecule has 16 heteroatoms. The number of pyridine rings is 2. The molecule has 4 aromatic heterocycles. The number of aromatic nitrogens is 6. The molecular formula is C32H39Cl2N6NaO7. The molecule has 0 unspecified atom stereocenters. The summed E-state index contributed by atoms with van der Waals surface area (Å²) in [5.74, 6) is 0.408. The maximum absolute atomic E-state index is 11.5. The Morgan fingerprint density at radius 3 is 1.54 bits per heavy atom. The molecule has 0 aromatic carbocycles. The average molecular weight is 714 g/mol. The number of carbonyl (C=O) groups is 2. The summed E-state index contributed by atoms with van der Waals surface area (Å²) in [6, 6.07) is 9.73. The number of methoxy groups -OCH3 is 1. The molecule has 254 valence electrons. The normalized spacial score (nSPS) is 14.4. The van der Waals surface area contributed by atoms with Crippen molar-refractivity contribution in [3.8, 4) is 23.4 Å². The molecule has 6 rings (SSSR count). The summed E-state index contributed by atoms with van der Waals surface area (Å²) in [5.41, 5.74) is 0.856. The van der Waals surface area contributed by atoms with Gasteiger partial charge in [-0.15, -0.1) is 10.2 Å². The summed E-state index contributed by atoms with van der Waals surface area (Å²) in [4.78, 5) is 30.6. The Hall–Kier alpha value is -3.20. The van der Waals surface area contributed by atoms with Crippen molar-refractivity contribution in [3.63, 3.8) is 0 Å². The van der Waals surface area contributed by atoms with Crippen molar-refractivity contribution in [2.24, 2.45) is 10.8 Å². The third-order valence-corrected chi connectivity index (χ3v) is 8.95. The van der Waals surface area contributed by atoms with E-state index in [0.29, 0.717) is 47.4 Å². The number of rotatable bonds is 12. The SMILES string of the molecule is C.CCC1(COc2ccn(-c3ccc(C(=O)O)c(Cl)n3)n2)CC1.CCC1(COc2ccn(-c3ccc(C(=O)OC)c(Cl)n3)n2)CC1.[Na+].[OH-]. The van der Waals surface area contributed by atoms with Gasteiger partial charge < -0.3 is 24.8 Å². The largest absolute Gasteiger partial charge is 1.00 e. The van der Waals surface area contributed by atoms with Gasteiger partial charge in [-0.25, -0.2) is 28.9 Å². The number of carbonyl (C=O) groups excluding carboxylic acids is 1. The number of halogens is 2. The number of carboxylic acids is 1. The zero-order chi connectivity index (χ0) is 32.2. The van der Waals surface area contributed by atoms with Crippen LogP contribution in [0.1, 0.15) is 80.5 Å². The first-order valence-corrected chi connectivity index (χ1v) is 15.4. The number of hydrogen-bond acceptors (Lipinski definition) is 10. The van der Waals surface area contributed by atoms with Crippen LogP contribution in [-0.4, -0.2) is 72.4 Å². The maximum atomic E-state index is 11.5. The van der Waals surface area contributed by atoms with E-state index in [1.54, 1.807) is 47.4 Å². The predicted molar refractivity (Wildman–Crippen MR) is 175 cm³/mol. The van der Waals surface area contributed by atoms with Crippen molar-refractivity contribution < 1.29 is 63.9 Å². The molecule has 4 heterocycles. The molecule has 2 fully saturated rings. The van der Waals surface area contributed by atoms with Crippen LogP contribution < -0.4 is 39.0 Å². The topological polar surface area (TPSA) is 173 Å². The van der Waals surface area contributed by atoms with E-state index in [9.17, 15) is 9.59 Å². The second-order valence-electron chi connectivity index (χ2n) is 11.3. The molecule has 0 atom stereocenters. The van der Waals surface area contributed by atoms with Crippen LogP contribution in [0.5, 0.6) is 11.8 Å². The van der Waals surface area contributed by atoms with Crippen LogP contribution >= 0.6 is 23.2 Å². The van der Waals surface area contributed by atoms with Crippen LogP contribution in [0.15, 0.2) is 48.8 Å². The van der Waals surface area contributed by atoms with Crippen molar-refractivity contribution in [1.29, 1.82) is 0 Å². The molecular weight excluding hydrogens is 674 g/mol. The number of ether oxygens (including phenoxy) is 3. The van der Waals surface area contributed by atoms with Crippen molar-refractivity contribution in [2.45, 2.75) is 59.8 Å². The molecule has 0 saturated heterocycles. The Bertz CT molecular complexity index is 1690. The third kappa shape index (κ3) is 9.93. The van der Waals surface area contributed by atoms with Gasteiger partial charge in [0, 0.05) is 35.4 Å². The summed E-state index contributed by atoms with van der Waals surface area (Å²) in [6.07, 6.45) is 10.5. The number of nitrogens with zero attached hydrogens (tertiary/aromatic N) is 6. The first kappa shape index (κ1) is 41.0. The number of aromatic carboxylic acids is 1. The van der Waals surface area contributed by atoms with E-state index < -0.39 is 11.9 Å². The number of esters is 1. The molecule has 2 aliphatic rings. The van der Waals surface area contributed by atoms with E-state index in [0.717, 1.165) is 12.8 Å². The first-order valence-electron chi connectivity index (χ1n) is 14.6. The molecule has 0 bridgehead atoms. The smallest absolute Gasteiger partial charge is 0.870 e. The van der Waals surface area contributed by atoms with E-state index in [2.05, 4.69) is 38.7 Å². The van der Waals surface area contributed by atoms with E-state index in [1.165, 1.54) is 43.5 Å². The van der Waals surface area contributed by atoms with Gasteiger partial charge in [-0.3, -0.25) is 0 Å². The third-order valence-electron chi connectivity index (χ3n) is 8.37. The minimum Gasteiger partial charge on any atom is -0.870 e. The van der Waals surface area contributed by atoms with Crippen molar-refractivity contribution in [2.75, 3.05) is 20.3 Å². The molecule has 2 aliphatic carbocycles. The molecule has 48 heavy (non-hydrogen) atoms. The van der Waals surface area contributed by atoms with E-state index in [-0.39, 0.29) is 63.9 Å². The fourth-order valence-electron chi connectivity index (χ4n) is 4.56. The summed E-state index contributed by atoms with van der Waals surface area (Å²) in [5, 5.41) is 17.6. The number of carboxylic acid groups (broad SMARTS) is 1. The molecule has 0 spiro atoms. The summed E-state index contributed by atoms with van der Waals surface area (Å²) in [6.45, 7) is 5.72. The van der Waals surface area contributed by atoms with Gasteiger partial charge in [0.05, 0.1) is 31.5 Å². The second kappa shape index (κ2) is 17.5. The Morgan fingerprint density at radius 2 is 1.21 bits per heavy atom. The van der Waals surface area contributed by atoms with Crippen molar-refractivity contribution in [3.05, 3.63) is 70.2 Å². The van der Waals surface area contributed by atoms with Gasteiger partial charge in [-0.05, 0) is 62.8 Å². The summed E-state index contributed by atoms with van der Waals surface area (Å²) >= 11 is 11.9. The van der Waals surface area contributed by atoms with Crippen LogP contribution in [0.4, 0.5) is 0 Å². The zero-order valence-electron chi connectivity index (χ0n) is 26.7. The molecule has 0 amide bonds. The second-order valence-corrected chi connectivity index (χ2v) is 12.0. The standard InChI is InChI=1S/C16H18ClN3O3.C15H16ClN3O3.CH4.Na.H2O/c1-3-16(7-8-16)10-23-13-6-9-20(19-13)12-5-4-11(14(17)18-12)15(21)22-2;1-2-15(6-7-15)9-22-12-5-8-19(18-12)11-4-3-10(14(20)21)13(16)17-11;;;/h4-6,9H,3,7-8,10H2,1-2H3;3-5,8H,2,6-7,9H2,1H3,(H,20,21);1H4;;1H2/q;;;+1;/p-1. The number of hydrogen-bond donors (Lipinski definition) is 1. The Kier molecular flexibility index (Phi) is 14.9. The summed E-state index contributed by atoms with van der Waals surface area (Å²) in [7, 11) is 1.30. The van der Waals surface area contributed by atoms with Crippen LogP contribution in [0.3, 0.4) is 0 Å². The average Bonchev–Trinajstić information content (AvgIpc) is 3.90. The molecule has 0 radical (unpaired) electrons. The van der Waals surface area contributed by atoms with Gasteiger partial charge in [-0.1, -0.05) is 44.5 Å². The van der Waals surface area contributed by atoms with Crippen molar-refractivity contribution >= 4 is 35.1 Å². The van der Waals surface area contributed by atoms with Gasteiger partial charge in [0.15, 0.2) is 11.6 Å². The fourth-order valence-corrected chi connectivity index (χ4v) is 5.01. The molecule has 2 saturated carbocycles. The minimum atomic E-state index is -1.11. The van der Waals surface area contributed by atoms with E-state index in [4.69, 9.17) is 37.8 Å². The summed E-state index contributed by atoms with van der Waals surface area (Å²) < 4.78 is 19.2. The van der Waals surface area contributed by atoms with Crippen LogP contribution in [0, 0.1) is 10.8 Å². The van der Waals surface area contributed by atoms with Gasteiger partial charge in [-0.2, -0.15) is 0 Å². The first-order chi connectivity index (χ1) is 21.6. The maximum Gasteiger partial charge on any atom is 1.00 e. The quantitative estimate of drug-likeness (QED) is 0.128. The van der Waals surface area contributed by atoms with Crippen LogP contribution in [-0.2, 0) is 4.74 Å². The Balaban J connectivity index is 0.000000314. The van der Waals surface area contributed by atoms with Gasteiger partial charge in [0.2, 0.25) is 11.8 Å². The molecule has 13 nitrogen and oxygen atoms in total. The molecule has 0 aliphatic heterocycles. The molecule has 4 aromatic rings. The Labute approximate surface area is 311 Å². The Morgan fingerprint density at radius 1 is 0.792 bits per heavy atom.